The van der Waals surface area contributed by atoms with Crippen LogP contribution >= 0.6 is 0 Å². The first-order chi connectivity index (χ1) is 18.1. The van der Waals surface area contributed by atoms with Crippen LogP contribution in [0.5, 0.6) is 5.75 Å². The number of furan rings is 1. The zero-order valence-corrected chi connectivity index (χ0v) is 21.0. The van der Waals surface area contributed by atoms with Gasteiger partial charge in [0.2, 0.25) is 6.29 Å². The molecule has 2 aliphatic rings. The molecule has 1 aromatic heterocycles. The summed E-state index contributed by atoms with van der Waals surface area (Å²) in [5.74, 6) is 1.81. The summed E-state index contributed by atoms with van der Waals surface area (Å²) in [6, 6.07) is 17.4. The number of likely N-dealkylation sites (tertiary alicyclic amines) is 1. The fourth-order valence-corrected chi connectivity index (χ4v) is 4.79. The van der Waals surface area contributed by atoms with Crippen LogP contribution in [0.4, 0.5) is 4.79 Å². The van der Waals surface area contributed by atoms with Gasteiger partial charge in [-0.15, -0.1) is 0 Å². The van der Waals surface area contributed by atoms with E-state index in [0.717, 1.165) is 41.0 Å². The number of ether oxygens (including phenoxy) is 3. The number of carbonyl (C=O) groups is 2. The van der Waals surface area contributed by atoms with E-state index in [1.807, 2.05) is 55.5 Å². The molecule has 1 saturated heterocycles. The maximum atomic E-state index is 12.5. The third kappa shape index (κ3) is 5.97. The number of amides is 2. The van der Waals surface area contributed by atoms with Crippen molar-refractivity contribution in [3.05, 3.63) is 77.7 Å². The largest absolute Gasteiger partial charge is 0.469 e. The highest BCUT2D eigenvalue weighted by Crippen LogP contribution is 2.35. The van der Waals surface area contributed by atoms with Crippen LogP contribution in [-0.4, -0.2) is 49.4 Å². The fourth-order valence-electron chi connectivity index (χ4n) is 4.79. The van der Waals surface area contributed by atoms with Crippen molar-refractivity contribution in [1.82, 2.24) is 10.2 Å². The summed E-state index contributed by atoms with van der Waals surface area (Å²) in [4.78, 5) is 26.1. The maximum absolute atomic E-state index is 12.5. The summed E-state index contributed by atoms with van der Waals surface area (Å²) >= 11 is 0. The molecule has 5 rings (SSSR count). The molecule has 1 atom stereocenters. The van der Waals surface area contributed by atoms with Crippen molar-refractivity contribution in [3.8, 4) is 16.9 Å². The predicted octanol–water partition coefficient (Wildman–Crippen LogP) is 5.02. The lowest BCUT2D eigenvalue weighted by Gasteiger charge is -2.37. The molecule has 1 N–H and O–H groups in total. The summed E-state index contributed by atoms with van der Waals surface area (Å²) in [6.07, 6.45) is 3.37. The topological polar surface area (TPSA) is 90.2 Å². The molecule has 0 spiro atoms. The standard InChI is InChI=1S/C29H32N2O6/c1-2-34-29(33)31-15-12-22(13-16-31)28-36-19-24-18-23(9-10-26(24)37-28)20-5-7-21(8-6-20)27(32)30-14-11-25-4-3-17-35-25/h3-10,17-18,22,28H,2,11-16,19H2,1H3,(H,30,32). The average molecular weight is 505 g/mol. The van der Waals surface area contributed by atoms with Gasteiger partial charge in [-0.2, -0.15) is 0 Å². The van der Waals surface area contributed by atoms with Crippen LogP contribution in [0.1, 0.15) is 41.4 Å². The molecule has 1 unspecified atom stereocenters. The minimum atomic E-state index is -0.312. The Labute approximate surface area is 216 Å². The number of nitrogens with zero attached hydrogens (tertiary/aromatic N) is 1. The molecule has 3 aromatic rings. The van der Waals surface area contributed by atoms with Gasteiger partial charge in [0, 0.05) is 43.1 Å². The highest BCUT2D eigenvalue weighted by Gasteiger charge is 2.33. The van der Waals surface area contributed by atoms with Crippen molar-refractivity contribution in [1.29, 1.82) is 0 Å². The van der Waals surface area contributed by atoms with Crippen molar-refractivity contribution >= 4 is 12.0 Å². The zero-order chi connectivity index (χ0) is 25.6. The molecule has 194 valence electrons. The Morgan fingerprint density at radius 1 is 1.05 bits per heavy atom. The van der Waals surface area contributed by atoms with Gasteiger partial charge in [-0.25, -0.2) is 4.79 Å². The second kappa shape index (κ2) is 11.5. The van der Waals surface area contributed by atoms with Crippen molar-refractivity contribution in [3.63, 3.8) is 0 Å². The van der Waals surface area contributed by atoms with Gasteiger partial charge in [0.05, 0.1) is 19.5 Å². The zero-order valence-electron chi connectivity index (χ0n) is 21.0. The molecule has 0 bridgehead atoms. The van der Waals surface area contributed by atoms with Crippen LogP contribution in [0.25, 0.3) is 11.1 Å². The Kier molecular flexibility index (Phi) is 7.75. The van der Waals surface area contributed by atoms with Crippen molar-refractivity contribution in [2.45, 2.75) is 39.1 Å². The molecule has 2 aliphatic heterocycles. The maximum Gasteiger partial charge on any atom is 0.409 e. The lowest BCUT2D eigenvalue weighted by atomic mass is 9.95. The van der Waals surface area contributed by atoms with E-state index in [1.165, 1.54) is 0 Å². The first kappa shape index (κ1) is 24.9. The number of hydrogen-bond acceptors (Lipinski definition) is 6. The molecule has 37 heavy (non-hydrogen) atoms. The average Bonchev–Trinajstić information content (AvgIpc) is 3.46. The molecule has 0 saturated carbocycles. The summed E-state index contributed by atoms with van der Waals surface area (Å²) in [7, 11) is 0. The molecule has 0 radical (unpaired) electrons. The number of fused-ring (bicyclic) bond motifs is 1. The normalized spacial score (nSPS) is 17.5. The fraction of sp³-hybridized carbons (Fsp3) is 0.379. The Morgan fingerprint density at radius 3 is 2.57 bits per heavy atom. The third-order valence-corrected chi connectivity index (χ3v) is 6.87. The predicted molar refractivity (Wildman–Crippen MR) is 137 cm³/mol. The van der Waals surface area contributed by atoms with Crippen molar-refractivity contribution < 1.29 is 28.2 Å². The van der Waals surface area contributed by atoms with Crippen LogP contribution < -0.4 is 10.1 Å². The number of piperidine rings is 1. The lowest BCUT2D eigenvalue weighted by Crippen LogP contribution is -2.44. The van der Waals surface area contributed by atoms with Crippen LogP contribution in [0.3, 0.4) is 0 Å². The van der Waals surface area contributed by atoms with Gasteiger partial charge in [-0.3, -0.25) is 4.79 Å². The van der Waals surface area contributed by atoms with Crippen molar-refractivity contribution in [2.75, 3.05) is 26.2 Å². The number of carbonyl (C=O) groups excluding carboxylic acids is 2. The molecule has 2 aromatic carbocycles. The van der Waals surface area contributed by atoms with Gasteiger partial charge in [0.1, 0.15) is 11.5 Å². The monoisotopic (exact) mass is 504 g/mol. The van der Waals surface area contributed by atoms with E-state index in [1.54, 1.807) is 11.2 Å². The van der Waals surface area contributed by atoms with Crippen LogP contribution in [0.15, 0.2) is 65.3 Å². The number of benzene rings is 2. The van der Waals surface area contributed by atoms with E-state index in [2.05, 4.69) is 11.4 Å². The molecular formula is C29H32N2O6. The summed E-state index contributed by atoms with van der Waals surface area (Å²) in [5, 5.41) is 2.92. The van der Waals surface area contributed by atoms with Crippen LogP contribution in [-0.2, 0) is 22.5 Å². The van der Waals surface area contributed by atoms with Crippen molar-refractivity contribution in [2.24, 2.45) is 5.92 Å². The SMILES string of the molecule is CCOC(=O)N1CCC(C2OCc3cc(-c4ccc(C(=O)NCCc5ccco5)cc4)ccc3O2)CC1. The molecular weight excluding hydrogens is 472 g/mol. The Morgan fingerprint density at radius 2 is 1.84 bits per heavy atom. The minimum Gasteiger partial charge on any atom is -0.469 e. The quantitative estimate of drug-likeness (QED) is 0.486. The van der Waals surface area contributed by atoms with Gasteiger partial charge >= 0.3 is 6.09 Å². The molecule has 0 aliphatic carbocycles. The molecule has 2 amide bonds. The van der Waals surface area contributed by atoms with Crippen LogP contribution in [0.2, 0.25) is 0 Å². The molecule has 8 nitrogen and oxygen atoms in total. The Hall–Kier alpha value is -3.78. The van der Waals surface area contributed by atoms with Crippen LogP contribution in [0, 0.1) is 5.92 Å². The van der Waals surface area contributed by atoms with Gasteiger partial charge in [0.25, 0.3) is 5.91 Å². The minimum absolute atomic E-state index is 0.107. The smallest absolute Gasteiger partial charge is 0.409 e. The summed E-state index contributed by atoms with van der Waals surface area (Å²) < 4.78 is 22.7. The summed E-state index contributed by atoms with van der Waals surface area (Å²) in [5.41, 5.74) is 3.67. The Bertz CT molecular complexity index is 1200. The van der Waals surface area contributed by atoms with Gasteiger partial charge < -0.3 is 28.8 Å². The highest BCUT2D eigenvalue weighted by molar-refractivity contribution is 5.94. The first-order valence-electron chi connectivity index (χ1n) is 12.8. The molecule has 8 heteroatoms. The van der Waals surface area contributed by atoms with Gasteiger partial charge in [-0.1, -0.05) is 18.2 Å². The molecule has 3 heterocycles. The highest BCUT2D eigenvalue weighted by atomic mass is 16.7. The third-order valence-electron chi connectivity index (χ3n) is 6.87. The van der Waals surface area contributed by atoms with Gasteiger partial charge in [-0.05, 0) is 67.3 Å². The van der Waals surface area contributed by atoms with E-state index in [0.29, 0.717) is 44.8 Å². The van der Waals surface area contributed by atoms with E-state index < -0.39 is 0 Å². The van der Waals surface area contributed by atoms with E-state index in [-0.39, 0.29) is 24.2 Å². The van der Waals surface area contributed by atoms with E-state index >= 15 is 0 Å². The number of hydrogen-bond donors (Lipinski definition) is 1. The molecule has 1 fully saturated rings. The first-order valence-corrected chi connectivity index (χ1v) is 12.8. The van der Waals surface area contributed by atoms with E-state index in [4.69, 9.17) is 18.6 Å². The van der Waals surface area contributed by atoms with Gasteiger partial charge in [0.15, 0.2) is 0 Å². The van der Waals surface area contributed by atoms with E-state index in [9.17, 15) is 9.59 Å². The Balaban J connectivity index is 1.15. The second-order valence-corrected chi connectivity index (χ2v) is 9.31. The summed E-state index contributed by atoms with van der Waals surface area (Å²) in [6.45, 7) is 4.50. The number of rotatable bonds is 7. The number of nitrogens with one attached hydrogen (secondary N) is 1. The lowest BCUT2D eigenvalue weighted by molar-refractivity contribution is -0.148. The second-order valence-electron chi connectivity index (χ2n) is 9.31.